The number of alkyl halides is 2. The Kier molecular flexibility index (Phi) is 5.93. The molecule has 0 saturated carbocycles. The maximum Gasteiger partial charge on any atom is 0.338 e. The number of carbonyl (C=O) groups is 2. The van der Waals surface area contributed by atoms with E-state index in [1.54, 1.807) is 12.1 Å². The first-order valence-corrected chi connectivity index (χ1v) is 8.29. The molecule has 2 aromatic carbocycles. The summed E-state index contributed by atoms with van der Waals surface area (Å²) < 4.78 is 9.45. The van der Waals surface area contributed by atoms with Gasteiger partial charge >= 0.3 is 11.9 Å². The Hall–Kier alpha value is -1.44. The van der Waals surface area contributed by atoms with Gasteiger partial charge in [0, 0.05) is 16.8 Å². The van der Waals surface area contributed by atoms with Crippen molar-refractivity contribution in [1.82, 2.24) is 0 Å². The van der Waals surface area contributed by atoms with Crippen molar-refractivity contribution in [1.29, 1.82) is 0 Å². The molecule has 2 rings (SSSR count). The number of benzene rings is 2. The molecule has 116 valence electrons. The Bertz CT molecular complexity index is 703. The molecule has 0 unspecified atom stereocenters. The van der Waals surface area contributed by atoms with Crippen LogP contribution >= 0.6 is 31.9 Å². The third kappa shape index (κ3) is 4.06. The number of carbonyl (C=O) groups excluding carboxylic acids is 2. The van der Waals surface area contributed by atoms with Crippen LogP contribution in [-0.4, -0.2) is 28.9 Å². The van der Waals surface area contributed by atoms with Crippen molar-refractivity contribution in [3.05, 3.63) is 42.0 Å². The van der Waals surface area contributed by atoms with Crippen molar-refractivity contribution in [2.75, 3.05) is 13.2 Å². The highest BCUT2D eigenvalue weighted by Gasteiger charge is 2.15. The second kappa shape index (κ2) is 7.71. The predicted molar refractivity (Wildman–Crippen MR) is 89.4 cm³/mol. The van der Waals surface area contributed by atoms with Gasteiger partial charge in [-0.25, -0.2) is 9.59 Å². The van der Waals surface area contributed by atoms with Crippen LogP contribution in [0.4, 0.5) is 5.69 Å². The summed E-state index contributed by atoms with van der Waals surface area (Å²) in [5, 5.41) is 1.70. The van der Waals surface area contributed by atoms with Gasteiger partial charge in [-0.1, -0.05) is 50.1 Å². The van der Waals surface area contributed by atoms with Crippen LogP contribution in [0.5, 0.6) is 0 Å². The molecular weight excluding hydrogens is 418 g/mol. The van der Waals surface area contributed by atoms with E-state index in [2.05, 4.69) is 37.6 Å². The summed E-state index contributed by atoms with van der Waals surface area (Å²) in [5.74, 6) is -0.926. The number of esters is 2. The van der Waals surface area contributed by atoms with Crippen LogP contribution < -0.4 is 5.73 Å². The first-order chi connectivity index (χ1) is 10.5. The number of hydrogen-bond donors (Lipinski definition) is 1. The van der Waals surface area contributed by atoms with E-state index in [4.69, 9.17) is 9.47 Å². The van der Waals surface area contributed by atoms with Crippen molar-refractivity contribution in [2.24, 2.45) is 0 Å². The SMILES string of the molecule is [NH3+]c1ccc(C(=O)OCCOC(=O)C(Br)Br)c2ccccc12. The molecule has 0 heterocycles. The van der Waals surface area contributed by atoms with Crippen LogP contribution in [0.1, 0.15) is 10.4 Å². The van der Waals surface area contributed by atoms with E-state index in [9.17, 15) is 9.59 Å². The van der Waals surface area contributed by atoms with E-state index in [-0.39, 0.29) is 13.2 Å². The minimum absolute atomic E-state index is 0.00224. The van der Waals surface area contributed by atoms with Crippen LogP contribution in [0.25, 0.3) is 10.8 Å². The molecule has 0 atom stereocenters. The molecule has 0 bridgehead atoms. The van der Waals surface area contributed by atoms with Crippen LogP contribution in [0.3, 0.4) is 0 Å². The highest BCUT2D eigenvalue weighted by Crippen LogP contribution is 2.24. The first-order valence-electron chi connectivity index (χ1n) is 6.46. The van der Waals surface area contributed by atoms with Gasteiger partial charge in [0.05, 0.1) is 5.56 Å². The third-order valence-corrected chi connectivity index (χ3v) is 3.72. The Morgan fingerprint density at radius 2 is 1.64 bits per heavy atom. The Balaban J connectivity index is 2.02. The largest absolute Gasteiger partial charge is 0.461 e. The zero-order chi connectivity index (χ0) is 16.1. The number of fused-ring (bicyclic) bond motifs is 1. The molecule has 0 saturated heterocycles. The van der Waals surface area contributed by atoms with Crippen LogP contribution in [0.15, 0.2) is 36.4 Å². The molecule has 0 aliphatic heterocycles. The van der Waals surface area contributed by atoms with Gasteiger partial charge < -0.3 is 15.2 Å². The van der Waals surface area contributed by atoms with E-state index in [1.807, 2.05) is 24.3 Å². The fourth-order valence-electron chi connectivity index (χ4n) is 1.96. The van der Waals surface area contributed by atoms with Gasteiger partial charge in [0.2, 0.25) is 0 Å². The van der Waals surface area contributed by atoms with Gasteiger partial charge in [0.1, 0.15) is 18.9 Å². The number of hydrogen-bond acceptors (Lipinski definition) is 4. The lowest BCUT2D eigenvalue weighted by Gasteiger charge is -2.09. The van der Waals surface area contributed by atoms with E-state index in [0.717, 1.165) is 16.5 Å². The second-order valence-electron chi connectivity index (χ2n) is 4.42. The number of quaternary nitrogens is 1. The molecule has 0 aliphatic carbocycles. The van der Waals surface area contributed by atoms with E-state index < -0.39 is 15.7 Å². The molecule has 7 heteroatoms. The highest BCUT2D eigenvalue weighted by atomic mass is 79.9. The minimum Gasteiger partial charge on any atom is -0.461 e. The van der Waals surface area contributed by atoms with Crippen molar-refractivity contribution in [3.8, 4) is 0 Å². The predicted octanol–water partition coefficient (Wildman–Crippen LogP) is 2.53. The van der Waals surface area contributed by atoms with Gasteiger partial charge in [0.15, 0.2) is 3.74 Å². The summed E-state index contributed by atoms with van der Waals surface area (Å²) in [7, 11) is 0. The summed E-state index contributed by atoms with van der Waals surface area (Å²) in [6, 6.07) is 11.0. The minimum atomic E-state index is -0.566. The molecule has 3 N–H and O–H groups in total. The molecule has 0 aromatic heterocycles. The van der Waals surface area contributed by atoms with Gasteiger partial charge in [-0.3, -0.25) is 0 Å². The monoisotopic (exact) mass is 430 g/mol. The first kappa shape index (κ1) is 16.9. The summed E-state index contributed by atoms with van der Waals surface area (Å²) in [6.07, 6.45) is 0. The smallest absolute Gasteiger partial charge is 0.338 e. The standard InChI is InChI=1S/C15H13Br2NO4/c16-13(17)15(20)22-8-7-21-14(19)11-5-6-12(18)10-4-2-1-3-9(10)11/h1-6,13H,7-8,18H2/p+1. The fourth-order valence-corrected chi connectivity index (χ4v) is 2.22. The zero-order valence-corrected chi connectivity index (χ0v) is 14.7. The van der Waals surface area contributed by atoms with Gasteiger partial charge in [-0.15, -0.1) is 0 Å². The quantitative estimate of drug-likeness (QED) is 0.448. The van der Waals surface area contributed by atoms with E-state index in [0.29, 0.717) is 5.56 Å². The number of ether oxygens (including phenoxy) is 2. The summed E-state index contributed by atoms with van der Waals surface area (Å²) >= 11 is 6.04. The Morgan fingerprint density at radius 3 is 2.32 bits per heavy atom. The van der Waals surface area contributed by atoms with Gasteiger partial charge in [-0.2, -0.15) is 0 Å². The summed E-state index contributed by atoms with van der Waals surface area (Å²) in [6.45, 7) is 0.00136. The molecule has 0 amide bonds. The maximum absolute atomic E-state index is 12.1. The average Bonchev–Trinajstić information content (AvgIpc) is 2.51. The third-order valence-electron chi connectivity index (χ3n) is 2.97. The average molecular weight is 432 g/mol. The Morgan fingerprint density at radius 1 is 1.00 bits per heavy atom. The molecule has 0 radical (unpaired) electrons. The summed E-state index contributed by atoms with van der Waals surface area (Å²) in [4.78, 5) is 23.4. The van der Waals surface area contributed by atoms with Crippen molar-refractivity contribution in [3.63, 3.8) is 0 Å². The molecule has 0 aliphatic rings. The fraction of sp³-hybridized carbons (Fsp3) is 0.200. The number of rotatable bonds is 5. The molecule has 0 fully saturated rings. The lowest BCUT2D eigenvalue weighted by molar-refractivity contribution is -0.252. The lowest BCUT2D eigenvalue weighted by Crippen LogP contribution is -2.40. The van der Waals surface area contributed by atoms with Crippen molar-refractivity contribution < 1.29 is 24.8 Å². The second-order valence-corrected chi connectivity index (χ2v) is 7.48. The molecule has 5 nitrogen and oxygen atoms in total. The molecule has 0 spiro atoms. The van der Waals surface area contributed by atoms with Crippen molar-refractivity contribution >= 4 is 60.3 Å². The van der Waals surface area contributed by atoms with Gasteiger partial charge in [0.25, 0.3) is 0 Å². The van der Waals surface area contributed by atoms with Crippen LogP contribution in [-0.2, 0) is 14.3 Å². The summed E-state index contributed by atoms with van der Waals surface area (Å²) in [5.41, 5.74) is 5.26. The van der Waals surface area contributed by atoms with Crippen molar-refractivity contribution in [2.45, 2.75) is 3.74 Å². The topological polar surface area (TPSA) is 80.2 Å². The maximum atomic E-state index is 12.1. The molecular formula is C15H14Br2NO4+. The lowest BCUT2D eigenvalue weighted by atomic mass is 10.0. The van der Waals surface area contributed by atoms with E-state index in [1.165, 1.54) is 0 Å². The zero-order valence-electron chi connectivity index (χ0n) is 11.6. The molecule has 2 aromatic rings. The molecule has 22 heavy (non-hydrogen) atoms. The van der Waals surface area contributed by atoms with Crippen LogP contribution in [0.2, 0.25) is 0 Å². The Labute approximate surface area is 144 Å². The highest BCUT2D eigenvalue weighted by molar-refractivity contribution is 9.25. The number of halogens is 2. The van der Waals surface area contributed by atoms with E-state index >= 15 is 0 Å². The normalized spacial score (nSPS) is 10.7. The van der Waals surface area contributed by atoms with Crippen LogP contribution in [0, 0.1) is 0 Å². The van der Waals surface area contributed by atoms with Gasteiger partial charge in [-0.05, 0) is 12.1 Å².